The van der Waals surface area contributed by atoms with Gasteiger partial charge in [0.2, 0.25) is 11.8 Å². The van der Waals surface area contributed by atoms with Crippen LogP contribution in [-0.4, -0.2) is 31.3 Å². The summed E-state index contributed by atoms with van der Waals surface area (Å²) < 4.78 is 0. The second-order valence-corrected chi connectivity index (χ2v) is 6.55. The molecule has 0 aromatic heterocycles. The van der Waals surface area contributed by atoms with Crippen LogP contribution in [0.4, 0.5) is 11.4 Å². The van der Waals surface area contributed by atoms with Crippen LogP contribution < -0.4 is 15.5 Å². The third kappa shape index (κ3) is 4.73. The molecule has 27 heavy (non-hydrogen) atoms. The molecule has 6 heteroatoms. The zero-order chi connectivity index (χ0) is 19.2. The minimum atomic E-state index is -0.217. The number of rotatable bonds is 5. The SMILES string of the molecule is CNC(=O)Cc1ccc(NC(=O)c2ccc(N3CCCCC3=O)cc2)cc1. The van der Waals surface area contributed by atoms with Gasteiger partial charge in [-0.2, -0.15) is 0 Å². The van der Waals surface area contributed by atoms with Crippen molar-refractivity contribution in [2.45, 2.75) is 25.7 Å². The highest BCUT2D eigenvalue weighted by molar-refractivity contribution is 6.04. The molecule has 0 atom stereocenters. The zero-order valence-corrected chi connectivity index (χ0v) is 15.3. The second kappa shape index (κ2) is 8.49. The van der Waals surface area contributed by atoms with E-state index >= 15 is 0 Å². The van der Waals surface area contributed by atoms with Crippen LogP contribution in [0.3, 0.4) is 0 Å². The monoisotopic (exact) mass is 365 g/mol. The predicted molar refractivity (Wildman–Crippen MR) is 105 cm³/mol. The van der Waals surface area contributed by atoms with Crippen molar-refractivity contribution in [1.29, 1.82) is 0 Å². The topological polar surface area (TPSA) is 78.5 Å². The van der Waals surface area contributed by atoms with Gasteiger partial charge >= 0.3 is 0 Å². The fourth-order valence-corrected chi connectivity index (χ4v) is 3.05. The molecule has 1 aliphatic heterocycles. The van der Waals surface area contributed by atoms with Gasteiger partial charge in [0, 0.05) is 37.0 Å². The summed E-state index contributed by atoms with van der Waals surface area (Å²) in [6.07, 6.45) is 2.83. The maximum atomic E-state index is 12.4. The molecule has 0 radical (unpaired) electrons. The third-order valence-electron chi connectivity index (χ3n) is 4.62. The first-order valence-electron chi connectivity index (χ1n) is 9.08. The van der Waals surface area contributed by atoms with Crippen LogP contribution in [0, 0.1) is 0 Å². The molecular formula is C21H23N3O3. The largest absolute Gasteiger partial charge is 0.359 e. The van der Waals surface area contributed by atoms with Crippen molar-refractivity contribution < 1.29 is 14.4 Å². The Hall–Kier alpha value is -3.15. The highest BCUT2D eigenvalue weighted by Crippen LogP contribution is 2.21. The number of nitrogens with zero attached hydrogens (tertiary/aromatic N) is 1. The van der Waals surface area contributed by atoms with E-state index in [4.69, 9.17) is 0 Å². The molecule has 0 unspecified atom stereocenters. The number of hydrogen-bond donors (Lipinski definition) is 2. The Morgan fingerprint density at radius 1 is 1.00 bits per heavy atom. The molecule has 2 aromatic rings. The van der Waals surface area contributed by atoms with Crippen LogP contribution in [0.1, 0.15) is 35.2 Å². The van der Waals surface area contributed by atoms with Gasteiger partial charge < -0.3 is 15.5 Å². The van der Waals surface area contributed by atoms with Gasteiger partial charge in [-0.15, -0.1) is 0 Å². The van der Waals surface area contributed by atoms with Crippen molar-refractivity contribution in [2.24, 2.45) is 0 Å². The molecule has 0 spiro atoms. The van der Waals surface area contributed by atoms with E-state index in [1.54, 1.807) is 36.2 Å². The Bertz CT molecular complexity index is 829. The van der Waals surface area contributed by atoms with Crippen LogP contribution in [0.5, 0.6) is 0 Å². The summed E-state index contributed by atoms with van der Waals surface area (Å²) in [5.74, 6) is -0.139. The maximum absolute atomic E-state index is 12.4. The molecule has 2 aromatic carbocycles. The normalized spacial score (nSPS) is 14.0. The molecule has 3 amide bonds. The Morgan fingerprint density at radius 2 is 1.70 bits per heavy atom. The van der Waals surface area contributed by atoms with Crippen LogP contribution in [-0.2, 0) is 16.0 Å². The fourth-order valence-electron chi connectivity index (χ4n) is 3.05. The van der Waals surface area contributed by atoms with Gasteiger partial charge in [-0.3, -0.25) is 14.4 Å². The van der Waals surface area contributed by atoms with Crippen molar-refractivity contribution in [1.82, 2.24) is 5.32 Å². The van der Waals surface area contributed by atoms with Crippen LogP contribution >= 0.6 is 0 Å². The predicted octanol–water partition coefficient (Wildman–Crippen LogP) is 2.74. The number of carbonyl (C=O) groups excluding carboxylic acids is 3. The number of carbonyl (C=O) groups is 3. The number of benzene rings is 2. The number of anilines is 2. The summed E-state index contributed by atoms with van der Waals surface area (Å²) in [7, 11) is 1.60. The van der Waals surface area contributed by atoms with Gasteiger partial charge in [0.15, 0.2) is 0 Å². The number of amides is 3. The summed E-state index contributed by atoms with van der Waals surface area (Å²) in [5.41, 5.74) is 2.89. The zero-order valence-electron chi connectivity index (χ0n) is 15.3. The molecule has 1 aliphatic rings. The fraction of sp³-hybridized carbons (Fsp3) is 0.286. The average Bonchev–Trinajstić information content (AvgIpc) is 2.70. The molecule has 2 N–H and O–H groups in total. The number of hydrogen-bond acceptors (Lipinski definition) is 3. The molecule has 1 heterocycles. The Morgan fingerprint density at radius 3 is 2.33 bits per heavy atom. The van der Waals surface area contributed by atoms with Crippen molar-refractivity contribution in [2.75, 3.05) is 23.8 Å². The number of nitrogens with one attached hydrogen (secondary N) is 2. The lowest BCUT2D eigenvalue weighted by molar-refractivity contribution is -0.120. The first-order chi connectivity index (χ1) is 13.1. The summed E-state index contributed by atoms with van der Waals surface area (Å²) in [5, 5.41) is 5.42. The Kier molecular flexibility index (Phi) is 5.86. The second-order valence-electron chi connectivity index (χ2n) is 6.55. The first kappa shape index (κ1) is 18.6. The van der Waals surface area contributed by atoms with E-state index in [1.165, 1.54) is 0 Å². The van der Waals surface area contributed by atoms with E-state index in [0.29, 0.717) is 24.1 Å². The van der Waals surface area contributed by atoms with Crippen molar-refractivity contribution >= 4 is 29.1 Å². The summed E-state index contributed by atoms with van der Waals surface area (Å²) in [4.78, 5) is 37.6. The van der Waals surface area contributed by atoms with Crippen LogP contribution in [0.15, 0.2) is 48.5 Å². The lowest BCUT2D eigenvalue weighted by Gasteiger charge is -2.26. The van der Waals surface area contributed by atoms with Gasteiger partial charge in [0.05, 0.1) is 6.42 Å². The summed E-state index contributed by atoms with van der Waals surface area (Å²) >= 11 is 0. The van der Waals surface area contributed by atoms with Crippen LogP contribution in [0.25, 0.3) is 0 Å². The Labute approximate surface area is 158 Å². The van der Waals surface area contributed by atoms with Crippen molar-refractivity contribution in [3.8, 4) is 0 Å². The van der Waals surface area contributed by atoms with E-state index in [1.807, 2.05) is 24.3 Å². The smallest absolute Gasteiger partial charge is 0.255 e. The standard InChI is InChI=1S/C21H23N3O3/c1-22-19(25)14-15-5-9-17(10-6-15)23-21(27)16-7-11-18(12-8-16)24-13-3-2-4-20(24)26/h5-12H,2-4,13-14H2,1H3,(H,22,25)(H,23,27). The average molecular weight is 365 g/mol. The number of likely N-dealkylation sites (N-methyl/N-ethyl adjacent to an activating group) is 1. The van der Waals surface area contributed by atoms with Gasteiger partial charge in [-0.25, -0.2) is 0 Å². The maximum Gasteiger partial charge on any atom is 0.255 e. The van der Waals surface area contributed by atoms with Crippen molar-refractivity contribution in [3.05, 3.63) is 59.7 Å². The molecule has 0 aliphatic carbocycles. The van der Waals surface area contributed by atoms with E-state index in [2.05, 4.69) is 10.6 Å². The van der Waals surface area contributed by atoms with Gasteiger partial charge in [-0.1, -0.05) is 12.1 Å². The van der Waals surface area contributed by atoms with E-state index in [-0.39, 0.29) is 17.7 Å². The molecule has 0 bridgehead atoms. The molecule has 1 fully saturated rings. The van der Waals surface area contributed by atoms with Gasteiger partial charge in [0.25, 0.3) is 5.91 Å². The minimum Gasteiger partial charge on any atom is -0.359 e. The molecule has 6 nitrogen and oxygen atoms in total. The molecule has 0 saturated carbocycles. The van der Waals surface area contributed by atoms with Crippen LogP contribution in [0.2, 0.25) is 0 Å². The minimum absolute atomic E-state index is 0.0564. The molecular weight excluding hydrogens is 342 g/mol. The molecule has 140 valence electrons. The van der Waals surface area contributed by atoms with E-state index < -0.39 is 0 Å². The van der Waals surface area contributed by atoms with E-state index in [9.17, 15) is 14.4 Å². The Balaban J connectivity index is 1.62. The van der Waals surface area contributed by atoms with E-state index in [0.717, 1.165) is 30.6 Å². The summed E-state index contributed by atoms with van der Waals surface area (Å²) in [6, 6.07) is 14.3. The highest BCUT2D eigenvalue weighted by atomic mass is 16.2. The quantitative estimate of drug-likeness (QED) is 0.855. The van der Waals surface area contributed by atoms with Crippen molar-refractivity contribution in [3.63, 3.8) is 0 Å². The molecule has 3 rings (SSSR count). The number of piperidine rings is 1. The van der Waals surface area contributed by atoms with Gasteiger partial charge in [0.1, 0.15) is 0 Å². The highest BCUT2D eigenvalue weighted by Gasteiger charge is 2.19. The lowest BCUT2D eigenvalue weighted by Crippen LogP contribution is -2.35. The lowest BCUT2D eigenvalue weighted by atomic mass is 10.1. The first-order valence-corrected chi connectivity index (χ1v) is 9.08. The van der Waals surface area contributed by atoms with Gasteiger partial charge in [-0.05, 0) is 54.8 Å². The molecule has 1 saturated heterocycles. The summed E-state index contributed by atoms with van der Waals surface area (Å²) in [6.45, 7) is 0.729. The third-order valence-corrected chi connectivity index (χ3v) is 4.62.